The summed E-state index contributed by atoms with van der Waals surface area (Å²) < 4.78 is 0. The van der Waals surface area contributed by atoms with Crippen LogP contribution in [-0.2, 0) is 6.54 Å². The van der Waals surface area contributed by atoms with Gasteiger partial charge in [-0.15, -0.1) is 0 Å². The van der Waals surface area contributed by atoms with E-state index in [2.05, 4.69) is 17.2 Å². The Morgan fingerprint density at radius 2 is 2.05 bits per heavy atom. The Kier molecular flexibility index (Phi) is 4.71. The van der Waals surface area contributed by atoms with Crippen LogP contribution in [0.4, 0.5) is 0 Å². The fourth-order valence-corrected chi connectivity index (χ4v) is 2.12. The molecule has 1 aromatic carbocycles. The van der Waals surface area contributed by atoms with Crippen LogP contribution >= 0.6 is 11.6 Å². The molecule has 1 heterocycles. The predicted molar refractivity (Wildman–Crippen MR) is 79.5 cm³/mol. The molecule has 1 aromatic heterocycles. The maximum Gasteiger partial charge on any atom is 0.248 e. The Bertz CT molecular complexity index is 601. The molecule has 1 unspecified atom stereocenters. The summed E-state index contributed by atoms with van der Waals surface area (Å²) in [5.74, 6) is -0.475. The zero-order valence-corrected chi connectivity index (χ0v) is 11.9. The van der Waals surface area contributed by atoms with Crippen LogP contribution in [0.25, 0.3) is 0 Å². The predicted octanol–water partition coefficient (Wildman–Crippen LogP) is 2.68. The fourth-order valence-electron chi connectivity index (χ4n) is 1.88. The maximum absolute atomic E-state index is 11.1. The van der Waals surface area contributed by atoms with Gasteiger partial charge < -0.3 is 11.1 Å². The van der Waals surface area contributed by atoms with E-state index in [4.69, 9.17) is 17.3 Å². The van der Waals surface area contributed by atoms with Gasteiger partial charge in [-0.1, -0.05) is 17.7 Å². The SMILES string of the molecule is CC(NCc1ccc(C(N)=O)cc1Cl)c1ccncc1. The fraction of sp³-hybridized carbons (Fsp3) is 0.200. The lowest BCUT2D eigenvalue weighted by atomic mass is 10.1. The molecule has 0 aliphatic rings. The Balaban J connectivity index is 2.02. The number of hydrogen-bond donors (Lipinski definition) is 2. The third-order valence-electron chi connectivity index (χ3n) is 3.14. The van der Waals surface area contributed by atoms with Gasteiger partial charge in [0.25, 0.3) is 0 Å². The zero-order chi connectivity index (χ0) is 14.5. The minimum atomic E-state index is -0.475. The molecule has 1 atom stereocenters. The lowest BCUT2D eigenvalue weighted by molar-refractivity contribution is 0.100. The third-order valence-corrected chi connectivity index (χ3v) is 3.49. The van der Waals surface area contributed by atoms with Gasteiger partial charge in [-0.2, -0.15) is 0 Å². The van der Waals surface area contributed by atoms with Crippen LogP contribution in [0.15, 0.2) is 42.7 Å². The Labute approximate surface area is 123 Å². The number of primary amides is 1. The molecule has 0 radical (unpaired) electrons. The topological polar surface area (TPSA) is 68.0 Å². The molecule has 20 heavy (non-hydrogen) atoms. The molecule has 0 aliphatic carbocycles. The van der Waals surface area contributed by atoms with Gasteiger partial charge in [-0.3, -0.25) is 9.78 Å². The second kappa shape index (κ2) is 6.50. The third kappa shape index (κ3) is 3.56. The molecule has 3 N–H and O–H groups in total. The first-order valence-corrected chi connectivity index (χ1v) is 6.67. The quantitative estimate of drug-likeness (QED) is 0.889. The van der Waals surface area contributed by atoms with Crippen LogP contribution in [0.2, 0.25) is 5.02 Å². The molecule has 1 amide bonds. The summed E-state index contributed by atoms with van der Waals surface area (Å²) in [5.41, 5.74) is 7.71. The highest BCUT2D eigenvalue weighted by atomic mass is 35.5. The average molecular weight is 290 g/mol. The van der Waals surface area contributed by atoms with Crippen molar-refractivity contribution in [3.8, 4) is 0 Å². The summed E-state index contributed by atoms with van der Waals surface area (Å²) in [5, 5.41) is 3.91. The van der Waals surface area contributed by atoms with Gasteiger partial charge >= 0.3 is 0 Å². The number of carbonyl (C=O) groups is 1. The number of aromatic nitrogens is 1. The van der Waals surface area contributed by atoms with Crippen molar-refractivity contribution in [2.75, 3.05) is 0 Å². The average Bonchev–Trinajstić information content (AvgIpc) is 2.46. The summed E-state index contributed by atoms with van der Waals surface area (Å²) in [6.07, 6.45) is 3.53. The van der Waals surface area contributed by atoms with E-state index in [9.17, 15) is 4.79 Å². The minimum absolute atomic E-state index is 0.185. The maximum atomic E-state index is 11.1. The lowest BCUT2D eigenvalue weighted by Gasteiger charge is -2.15. The van der Waals surface area contributed by atoms with Crippen molar-refractivity contribution in [2.24, 2.45) is 5.73 Å². The zero-order valence-electron chi connectivity index (χ0n) is 11.1. The van der Waals surface area contributed by atoms with E-state index >= 15 is 0 Å². The lowest BCUT2D eigenvalue weighted by Crippen LogP contribution is -2.18. The molecule has 0 saturated carbocycles. The van der Waals surface area contributed by atoms with Gasteiger partial charge in [0.1, 0.15) is 0 Å². The molecule has 0 fully saturated rings. The van der Waals surface area contributed by atoms with E-state index in [-0.39, 0.29) is 6.04 Å². The second-order valence-electron chi connectivity index (χ2n) is 4.55. The smallest absolute Gasteiger partial charge is 0.248 e. The molecule has 0 aliphatic heterocycles. The van der Waals surface area contributed by atoms with E-state index in [1.54, 1.807) is 24.5 Å². The summed E-state index contributed by atoms with van der Waals surface area (Å²) in [6, 6.07) is 9.21. The number of amides is 1. The van der Waals surface area contributed by atoms with Crippen molar-refractivity contribution in [1.29, 1.82) is 0 Å². The van der Waals surface area contributed by atoms with Crippen molar-refractivity contribution < 1.29 is 4.79 Å². The molecule has 5 heteroatoms. The first-order valence-electron chi connectivity index (χ1n) is 6.29. The van der Waals surface area contributed by atoms with Gasteiger partial charge in [-0.25, -0.2) is 0 Å². The highest BCUT2D eigenvalue weighted by molar-refractivity contribution is 6.31. The summed E-state index contributed by atoms with van der Waals surface area (Å²) in [6.45, 7) is 2.68. The molecular formula is C15H16ClN3O. The monoisotopic (exact) mass is 289 g/mol. The number of halogens is 1. The van der Waals surface area contributed by atoms with Crippen molar-refractivity contribution in [1.82, 2.24) is 10.3 Å². The molecular weight excluding hydrogens is 274 g/mol. The molecule has 104 valence electrons. The number of nitrogens with one attached hydrogen (secondary N) is 1. The van der Waals surface area contributed by atoms with Crippen LogP contribution in [0.5, 0.6) is 0 Å². The van der Waals surface area contributed by atoms with Crippen LogP contribution in [0.1, 0.15) is 34.5 Å². The van der Waals surface area contributed by atoms with Gasteiger partial charge in [0.15, 0.2) is 0 Å². The number of carbonyl (C=O) groups excluding carboxylic acids is 1. The van der Waals surface area contributed by atoms with Gasteiger partial charge in [0.2, 0.25) is 5.91 Å². The first kappa shape index (κ1) is 14.5. The molecule has 4 nitrogen and oxygen atoms in total. The van der Waals surface area contributed by atoms with Crippen molar-refractivity contribution >= 4 is 17.5 Å². The van der Waals surface area contributed by atoms with Crippen LogP contribution in [0, 0.1) is 0 Å². The molecule has 0 bridgehead atoms. The summed E-state index contributed by atoms with van der Waals surface area (Å²) in [7, 11) is 0. The van der Waals surface area contributed by atoms with Crippen molar-refractivity contribution in [2.45, 2.75) is 19.5 Å². The van der Waals surface area contributed by atoms with E-state index in [1.807, 2.05) is 18.2 Å². The van der Waals surface area contributed by atoms with E-state index in [1.165, 1.54) is 0 Å². The number of nitrogens with two attached hydrogens (primary N) is 1. The number of hydrogen-bond acceptors (Lipinski definition) is 3. The summed E-state index contributed by atoms with van der Waals surface area (Å²) >= 11 is 6.15. The van der Waals surface area contributed by atoms with Crippen LogP contribution in [-0.4, -0.2) is 10.9 Å². The molecule has 2 rings (SSSR count). The number of rotatable bonds is 5. The van der Waals surface area contributed by atoms with Crippen molar-refractivity contribution in [3.63, 3.8) is 0 Å². The van der Waals surface area contributed by atoms with Gasteiger partial charge in [0.05, 0.1) is 0 Å². The molecule has 0 spiro atoms. The van der Waals surface area contributed by atoms with Crippen LogP contribution < -0.4 is 11.1 Å². The second-order valence-corrected chi connectivity index (χ2v) is 4.96. The number of benzene rings is 1. The van der Waals surface area contributed by atoms with E-state index < -0.39 is 5.91 Å². The highest BCUT2D eigenvalue weighted by Gasteiger charge is 2.08. The Morgan fingerprint density at radius 1 is 1.35 bits per heavy atom. The largest absolute Gasteiger partial charge is 0.366 e. The molecule has 0 saturated heterocycles. The standard InChI is InChI=1S/C15H16ClN3O/c1-10(11-4-6-18-7-5-11)19-9-13-3-2-12(15(17)20)8-14(13)16/h2-8,10,19H,9H2,1H3,(H2,17,20). The Morgan fingerprint density at radius 3 is 2.65 bits per heavy atom. The normalized spacial score (nSPS) is 12.1. The first-order chi connectivity index (χ1) is 9.58. The van der Waals surface area contributed by atoms with Crippen molar-refractivity contribution in [3.05, 3.63) is 64.4 Å². The van der Waals surface area contributed by atoms with E-state index in [0.717, 1.165) is 11.1 Å². The number of pyridine rings is 1. The number of nitrogens with zero attached hydrogens (tertiary/aromatic N) is 1. The molecule has 2 aromatic rings. The van der Waals surface area contributed by atoms with Gasteiger partial charge in [-0.05, 0) is 42.3 Å². The van der Waals surface area contributed by atoms with E-state index in [0.29, 0.717) is 17.1 Å². The summed E-state index contributed by atoms with van der Waals surface area (Å²) in [4.78, 5) is 15.1. The highest BCUT2D eigenvalue weighted by Crippen LogP contribution is 2.19. The Hall–Kier alpha value is -1.91. The van der Waals surface area contributed by atoms with Crippen LogP contribution in [0.3, 0.4) is 0 Å². The van der Waals surface area contributed by atoms with Gasteiger partial charge in [0, 0.05) is 35.6 Å². The minimum Gasteiger partial charge on any atom is -0.366 e.